The third kappa shape index (κ3) is 3.51. The van der Waals surface area contributed by atoms with E-state index in [1.165, 1.54) is 10.8 Å². The van der Waals surface area contributed by atoms with Crippen molar-refractivity contribution in [2.24, 2.45) is 0 Å². The van der Waals surface area contributed by atoms with Crippen molar-refractivity contribution in [3.05, 3.63) is 43.7 Å². The highest BCUT2D eigenvalue weighted by Gasteiger charge is 2.17. The van der Waals surface area contributed by atoms with Crippen LogP contribution in [-0.4, -0.2) is 41.3 Å². The predicted octanol–water partition coefficient (Wildman–Crippen LogP) is 5.00. The number of hydrogen-bond acceptors (Lipinski definition) is 2. The average Bonchev–Trinajstić information content (AvgIpc) is 2.71. The molecule has 0 aliphatic rings. The zero-order valence-corrected chi connectivity index (χ0v) is 17.6. The minimum Gasteiger partial charge on any atom is -0.390 e. The van der Waals surface area contributed by atoms with Gasteiger partial charge in [-0.05, 0) is 60.4 Å². The number of likely N-dealkylation sites (N-methyl/N-ethyl adjacent to an activating group) is 1. The predicted molar refractivity (Wildman–Crippen MR) is 107 cm³/mol. The molecule has 2 aromatic carbocycles. The Kier molecular flexibility index (Phi) is 5.18. The maximum absolute atomic E-state index is 10.4. The lowest BCUT2D eigenvalue weighted by Gasteiger charge is -2.18. The van der Waals surface area contributed by atoms with Gasteiger partial charge in [-0.3, -0.25) is 0 Å². The van der Waals surface area contributed by atoms with Crippen LogP contribution in [0.15, 0.2) is 43.7 Å². The van der Waals surface area contributed by atoms with E-state index in [0.29, 0.717) is 13.1 Å². The first-order valence-electron chi connectivity index (χ1n) is 7.26. The summed E-state index contributed by atoms with van der Waals surface area (Å²) in [4.78, 5) is 2.00. The topological polar surface area (TPSA) is 28.4 Å². The van der Waals surface area contributed by atoms with Crippen molar-refractivity contribution in [3.63, 3.8) is 0 Å². The van der Waals surface area contributed by atoms with Crippen molar-refractivity contribution in [1.29, 1.82) is 0 Å². The van der Waals surface area contributed by atoms with Gasteiger partial charge in [0.2, 0.25) is 0 Å². The molecule has 122 valence electrons. The summed E-state index contributed by atoms with van der Waals surface area (Å²) in [6.45, 7) is 1.19. The fraction of sp³-hybridized carbons (Fsp3) is 0.294. The smallest absolute Gasteiger partial charge is 0.0845 e. The molecule has 0 spiro atoms. The Morgan fingerprint density at radius 1 is 1.04 bits per heavy atom. The van der Waals surface area contributed by atoms with Crippen molar-refractivity contribution in [2.45, 2.75) is 12.6 Å². The number of aliphatic hydroxyl groups excluding tert-OH is 1. The van der Waals surface area contributed by atoms with Gasteiger partial charge in [-0.1, -0.05) is 31.9 Å². The van der Waals surface area contributed by atoms with Crippen LogP contribution < -0.4 is 0 Å². The van der Waals surface area contributed by atoms with Crippen molar-refractivity contribution in [1.82, 2.24) is 9.47 Å². The van der Waals surface area contributed by atoms with E-state index in [0.717, 1.165) is 24.5 Å². The summed E-state index contributed by atoms with van der Waals surface area (Å²) < 4.78 is 5.30. The third-order valence-corrected chi connectivity index (χ3v) is 5.36. The molecule has 0 aliphatic carbocycles. The highest BCUT2D eigenvalue weighted by Crippen LogP contribution is 2.37. The molecule has 0 bridgehead atoms. The van der Waals surface area contributed by atoms with E-state index in [1.807, 2.05) is 31.1 Å². The van der Waals surface area contributed by atoms with Gasteiger partial charge in [-0.15, -0.1) is 0 Å². The minimum absolute atomic E-state index is 0.428. The van der Waals surface area contributed by atoms with Gasteiger partial charge in [0.1, 0.15) is 0 Å². The maximum Gasteiger partial charge on any atom is 0.0845 e. The number of benzene rings is 2. The monoisotopic (exact) mass is 502 g/mol. The molecule has 0 amide bonds. The highest BCUT2D eigenvalue weighted by molar-refractivity contribution is 9.11. The average molecular weight is 505 g/mol. The number of fused-ring (bicyclic) bond motifs is 3. The molecule has 1 aromatic heterocycles. The lowest BCUT2D eigenvalue weighted by molar-refractivity contribution is 0.122. The second kappa shape index (κ2) is 6.84. The third-order valence-electron chi connectivity index (χ3n) is 3.81. The van der Waals surface area contributed by atoms with Crippen LogP contribution in [0, 0.1) is 0 Å². The van der Waals surface area contributed by atoms with Crippen molar-refractivity contribution in [3.8, 4) is 0 Å². The number of aliphatic hydroxyl groups is 1. The first kappa shape index (κ1) is 17.4. The Hall–Kier alpha value is -0.400. The molecule has 3 nitrogen and oxygen atoms in total. The van der Waals surface area contributed by atoms with Gasteiger partial charge in [0, 0.05) is 36.3 Å². The molecular weight excluding hydrogens is 488 g/mol. The molecule has 0 saturated heterocycles. The lowest BCUT2D eigenvalue weighted by Crippen LogP contribution is -2.29. The molecule has 1 atom stereocenters. The van der Waals surface area contributed by atoms with Gasteiger partial charge in [0.25, 0.3) is 0 Å². The van der Waals surface area contributed by atoms with E-state index in [4.69, 9.17) is 0 Å². The van der Waals surface area contributed by atoms with Crippen LogP contribution in [0.4, 0.5) is 0 Å². The molecule has 0 radical (unpaired) electrons. The van der Waals surface area contributed by atoms with Crippen molar-refractivity contribution in [2.75, 3.05) is 20.6 Å². The fourth-order valence-electron chi connectivity index (χ4n) is 3.01. The van der Waals surface area contributed by atoms with E-state index in [2.05, 4.69) is 70.6 Å². The van der Waals surface area contributed by atoms with E-state index in [-0.39, 0.29) is 0 Å². The zero-order valence-electron chi connectivity index (χ0n) is 12.9. The van der Waals surface area contributed by atoms with Crippen LogP contribution in [0.25, 0.3) is 21.8 Å². The summed E-state index contributed by atoms with van der Waals surface area (Å²) in [5, 5.41) is 12.8. The van der Waals surface area contributed by atoms with Gasteiger partial charge in [0.05, 0.1) is 18.2 Å². The summed E-state index contributed by atoms with van der Waals surface area (Å²) in [7, 11) is 3.94. The SMILES string of the molecule is CN(C)CC(O)Cn1c2ccc(Br)cc2c2cc(Br)cc(Br)c21. The second-order valence-corrected chi connectivity index (χ2v) is 8.66. The molecule has 23 heavy (non-hydrogen) atoms. The van der Waals surface area contributed by atoms with E-state index in [9.17, 15) is 5.11 Å². The molecule has 0 saturated carbocycles. The molecule has 1 unspecified atom stereocenters. The fourth-order valence-corrected chi connectivity index (χ4v) is 4.81. The van der Waals surface area contributed by atoms with Crippen LogP contribution in [0.5, 0.6) is 0 Å². The molecule has 6 heteroatoms. The quantitative estimate of drug-likeness (QED) is 0.541. The van der Waals surface area contributed by atoms with Crippen LogP contribution >= 0.6 is 47.8 Å². The number of aromatic nitrogens is 1. The summed E-state index contributed by atoms with van der Waals surface area (Å²) >= 11 is 10.8. The zero-order chi connectivity index (χ0) is 16.7. The molecule has 0 fully saturated rings. The van der Waals surface area contributed by atoms with Crippen molar-refractivity contribution >= 4 is 69.6 Å². The van der Waals surface area contributed by atoms with Crippen LogP contribution in [0.3, 0.4) is 0 Å². The second-order valence-electron chi connectivity index (χ2n) is 5.97. The lowest BCUT2D eigenvalue weighted by atomic mass is 10.2. The molecule has 3 rings (SSSR count). The number of halogens is 3. The number of hydrogen-bond donors (Lipinski definition) is 1. The van der Waals surface area contributed by atoms with E-state index < -0.39 is 6.10 Å². The molecule has 1 heterocycles. The largest absolute Gasteiger partial charge is 0.390 e. The maximum atomic E-state index is 10.4. The van der Waals surface area contributed by atoms with Crippen LogP contribution in [-0.2, 0) is 6.54 Å². The summed E-state index contributed by atoms with van der Waals surface area (Å²) in [6.07, 6.45) is -0.428. The van der Waals surface area contributed by atoms with Gasteiger partial charge in [0.15, 0.2) is 0 Å². The van der Waals surface area contributed by atoms with E-state index in [1.54, 1.807) is 0 Å². The molecular formula is C17H17Br3N2O. The number of nitrogens with zero attached hydrogens (tertiary/aromatic N) is 2. The Balaban J connectivity index is 2.25. The molecule has 1 N–H and O–H groups in total. The van der Waals surface area contributed by atoms with Crippen molar-refractivity contribution < 1.29 is 5.11 Å². The summed E-state index contributed by atoms with van der Waals surface area (Å²) in [5.41, 5.74) is 2.24. The molecule has 0 aliphatic heterocycles. The molecule has 3 aromatic rings. The Morgan fingerprint density at radius 3 is 2.43 bits per heavy atom. The van der Waals surface area contributed by atoms with E-state index >= 15 is 0 Å². The normalized spacial score (nSPS) is 13.3. The van der Waals surface area contributed by atoms with Gasteiger partial charge in [-0.25, -0.2) is 0 Å². The van der Waals surface area contributed by atoms with Gasteiger partial charge >= 0.3 is 0 Å². The van der Waals surface area contributed by atoms with Crippen LogP contribution in [0.1, 0.15) is 0 Å². The highest BCUT2D eigenvalue weighted by atomic mass is 79.9. The Labute approximate surface area is 160 Å². The Morgan fingerprint density at radius 2 is 1.74 bits per heavy atom. The Bertz CT molecular complexity index is 873. The van der Waals surface area contributed by atoms with Crippen LogP contribution in [0.2, 0.25) is 0 Å². The summed E-state index contributed by atoms with van der Waals surface area (Å²) in [5.74, 6) is 0. The van der Waals surface area contributed by atoms with Gasteiger partial charge < -0.3 is 14.6 Å². The standard InChI is InChI=1S/C17H17Br3N2O/c1-21(2)8-12(23)9-22-16-4-3-10(18)5-13(16)14-6-11(19)7-15(20)17(14)22/h3-7,12,23H,8-9H2,1-2H3. The number of rotatable bonds is 4. The first-order valence-corrected chi connectivity index (χ1v) is 9.64. The summed E-state index contributed by atoms with van der Waals surface area (Å²) in [6, 6.07) is 10.4. The minimum atomic E-state index is -0.428. The first-order chi connectivity index (χ1) is 10.9. The van der Waals surface area contributed by atoms with Gasteiger partial charge in [-0.2, -0.15) is 0 Å².